The average Bonchev–Trinajstić information content (AvgIpc) is 3.23. The van der Waals surface area contributed by atoms with Crippen molar-refractivity contribution < 1.29 is 4.74 Å². The molecule has 1 atom stereocenters. The normalized spacial score (nSPS) is 15.2. The van der Waals surface area contributed by atoms with Crippen molar-refractivity contribution in [2.45, 2.75) is 13.0 Å². The van der Waals surface area contributed by atoms with Crippen molar-refractivity contribution in [2.24, 2.45) is 0 Å². The number of nitrogens with one attached hydrogen (secondary N) is 1. The average molecular weight is 381 g/mol. The van der Waals surface area contributed by atoms with E-state index in [1.54, 1.807) is 4.68 Å². The summed E-state index contributed by atoms with van der Waals surface area (Å²) in [6.45, 7) is 2.08. The quantitative estimate of drug-likeness (QED) is 0.548. The molecule has 1 N–H and O–H groups in total. The standard InChI is InChI=1S/C23H19N5O/c1-16-10-12-17(13-11-16)21-15-22(28-23(24-21)25-26-27-28)18-6-5-9-20(14-18)29-19-7-3-2-4-8-19/h2-15,22H,1H3,(H,24,25,27)/t22-/m0/s1. The predicted molar refractivity (Wildman–Crippen MR) is 112 cm³/mol. The maximum absolute atomic E-state index is 6.01. The number of aromatic nitrogens is 4. The number of fused-ring (bicyclic) bond motifs is 1. The van der Waals surface area contributed by atoms with Crippen LogP contribution >= 0.6 is 0 Å². The highest BCUT2D eigenvalue weighted by atomic mass is 16.5. The lowest BCUT2D eigenvalue weighted by Gasteiger charge is -2.24. The van der Waals surface area contributed by atoms with Crippen LogP contribution in [0.3, 0.4) is 0 Å². The van der Waals surface area contributed by atoms with Crippen LogP contribution in [0.15, 0.2) is 84.9 Å². The van der Waals surface area contributed by atoms with Gasteiger partial charge < -0.3 is 10.1 Å². The largest absolute Gasteiger partial charge is 0.457 e. The molecule has 2 heterocycles. The molecular weight excluding hydrogens is 362 g/mol. The maximum atomic E-state index is 6.01. The van der Waals surface area contributed by atoms with Crippen LogP contribution in [0.1, 0.15) is 22.7 Å². The van der Waals surface area contributed by atoms with Crippen molar-refractivity contribution in [1.82, 2.24) is 20.2 Å². The zero-order chi connectivity index (χ0) is 19.6. The number of allylic oxidation sites excluding steroid dienone is 1. The SMILES string of the molecule is Cc1ccc(C2=C[C@@H](c3cccc(Oc4ccccc4)c3)n3nnnc3N2)cc1. The van der Waals surface area contributed by atoms with Gasteiger partial charge >= 0.3 is 0 Å². The molecule has 0 aliphatic carbocycles. The number of rotatable bonds is 4. The molecule has 142 valence electrons. The molecular formula is C23H19N5O. The molecule has 3 aromatic carbocycles. The van der Waals surface area contributed by atoms with E-state index in [0.717, 1.165) is 28.3 Å². The zero-order valence-electron chi connectivity index (χ0n) is 15.9. The molecule has 0 saturated carbocycles. The number of nitrogens with zero attached hydrogens (tertiary/aromatic N) is 4. The van der Waals surface area contributed by atoms with Gasteiger partial charge in [0, 0.05) is 5.70 Å². The minimum atomic E-state index is -0.142. The molecule has 6 nitrogen and oxygen atoms in total. The molecule has 6 heteroatoms. The van der Waals surface area contributed by atoms with Crippen LogP contribution in [0.25, 0.3) is 5.70 Å². The summed E-state index contributed by atoms with van der Waals surface area (Å²) in [5.41, 5.74) is 4.33. The number of anilines is 1. The number of hydrogen-bond donors (Lipinski definition) is 1. The lowest BCUT2D eigenvalue weighted by molar-refractivity contribution is 0.480. The smallest absolute Gasteiger partial charge is 0.248 e. The van der Waals surface area contributed by atoms with Crippen LogP contribution < -0.4 is 10.1 Å². The molecule has 5 rings (SSSR count). The third kappa shape index (κ3) is 3.48. The molecule has 29 heavy (non-hydrogen) atoms. The molecule has 1 aromatic heterocycles. The van der Waals surface area contributed by atoms with E-state index in [0.29, 0.717) is 5.95 Å². The summed E-state index contributed by atoms with van der Waals surface area (Å²) in [5.74, 6) is 2.18. The van der Waals surface area contributed by atoms with Crippen molar-refractivity contribution in [3.05, 3.63) is 102 Å². The molecule has 1 aliphatic heterocycles. The van der Waals surface area contributed by atoms with E-state index in [1.807, 2.05) is 48.5 Å². The fraction of sp³-hybridized carbons (Fsp3) is 0.0870. The molecule has 0 bridgehead atoms. The number of tetrazole rings is 1. The Kier molecular flexibility index (Phi) is 4.29. The van der Waals surface area contributed by atoms with Crippen LogP contribution in [0, 0.1) is 6.92 Å². The fourth-order valence-electron chi connectivity index (χ4n) is 3.38. The highest BCUT2D eigenvalue weighted by Gasteiger charge is 2.24. The number of aryl methyl sites for hydroxylation is 1. The Bertz CT molecular complexity index is 1170. The second kappa shape index (κ2) is 7.24. The minimum absolute atomic E-state index is 0.142. The summed E-state index contributed by atoms with van der Waals surface area (Å²) < 4.78 is 7.78. The van der Waals surface area contributed by atoms with Crippen molar-refractivity contribution in [3.63, 3.8) is 0 Å². The Morgan fingerprint density at radius 3 is 2.52 bits per heavy atom. The van der Waals surface area contributed by atoms with Gasteiger partial charge in [0.05, 0.1) is 0 Å². The van der Waals surface area contributed by atoms with Gasteiger partial charge in [0.2, 0.25) is 5.95 Å². The van der Waals surface area contributed by atoms with E-state index in [2.05, 4.69) is 64.2 Å². The third-order valence-electron chi connectivity index (χ3n) is 4.87. The lowest BCUT2D eigenvalue weighted by Crippen LogP contribution is -2.20. The number of para-hydroxylation sites is 1. The summed E-state index contributed by atoms with van der Waals surface area (Å²) >= 11 is 0. The van der Waals surface area contributed by atoms with E-state index in [9.17, 15) is 0 Å². The molecule has 0 radical (unpaired) electrons. The molecule has 1 aliphatic rings. The van der Waals surface area contributed by atoms with Crippen molar-refractivity contribution >= 4 is 11.6 Å². The first-order valence-electron chi connectivity index (χ1n) is 9.43. The Morgan fingerprint density at radius 1 is 0.897 bits per heavy atom. The van der Waals surface area contributed by atoms with Gasteiger partial charge in [0.25, 0.3) is 0 Å². The summed E-state index contributed by atoms with van der Waals surface area (Å²) in [7, 11) is 0. The molecule has 0 fully saturated rings. The van der Waals surface area contributed by atoms with Gasteiger partial charge in [-0.05, 0) is 58.8 Å². The Balaban J connectivity index is 1.52. The van der Waals surface area contributed by atoms with E-state index in [4.69, 9.17) is 4.74 Å². The van der Waals surface area contributed by atoms with Crippen LogP contribution in [0.5, 0.6) is 11.5 Å². The Morgan fingerprint density at radius 2 is 1.69 bits per heavy atom. The second-order valence-corrected chi connectivity index (χ2v) is 6.95. The van der Waals surface area contributed by atoms with Gasteiger partial charge in [-0.3, -0.25) is 0 Å². The van der Waals surface area contributed by atoms with Gasteiger partial charge in [-0.15, -0.1) is 0 Å². The summed E-state index contributed by atoms with van der Waals surface area (Å²) in [6.07, 6.45) is 2.13. The highest BCUT2D eigenvalue weighted by molar-refractivity contribution is 5.77. The predicted octanol–water partition coefficient (Wildman–Crippen LogP) is 4.83. The van der Waals surface area contributed by atoms with Crippen molar-refractivity contribution in [1.29, 1.82) is 0 Å². The van der Waals surface area contributed by atoms with Gasteiger partial charge in [-0.1, -0.05) is 65.3 Å². The molecule has 0 unspecified atom stereocenters. The Hall–Kier alpha value is -3.93. The first-order valence-corrected chi connectivity index (χ1v) is 9.43. The van der Waals surface area contributed by atoms with Crippen LogP contribution in [-0.2, 0) is 0 Å². The van der Waals surface area contributed by atoms with E-state index in [1.165, 1.54) is 5.56 Å². The van der Waals surface area contributed by atoms with E-state index in [-0.39, 0.29) is 6.04 Å². The first-order chi connectivity index (χ1) is 14.3. The zero-order valence-corrected chi connectivity index (χ0v) is 15.9. The van der Waals surface area contributed by atoms with Gasteiger partial charge in [0.15, 0.2) is 0 Å². The lowest BCUT2D eigenvalue weighted by atomic mass is 10.0. The van der Waals surface area contributed by atoms with Crippen LogP contribution in [-0.4, -0.2) is 20.2 Å². The van der Waals surface area contributed by atoms with E-state index >= 15 is 0 Å². The highest BCUT2D eigenvalue weighted by Crippen LogP contribution is 2.33. The van der Waals surface area contributed by atoms with Crippen LogP contribution in [0.2, 0.25) is 0 Å². The fourth-order valence-corrected chi connectivity index (χ4v) is 3.38. The van der Waals surface area contributed by atoms with E-state index < -0.39 is 0 Å². The maximum Gasteiger partial charge on any atom is 0.248 e. The number of benzene rings is 3. The number of ether oxygens (including phenoxy) is 1. The molecule has 0 saturated heterocycles. The minimum Gasteiger partial charge on any atom is -0.457 e. The summed E-state index contributed by atoms with van der Waals surface area (Å²) in [6, 6.07) is 26.0. The molecule has 4 aromatic rings. The first kappa shape index (κ1) is 17.2. The summed E-state index contributed by atoms with van der Waals surface area (Å²) in [4.78, 5) is 0. The Labute approximate surface area is 168 Å². The number of hydrogen-bond acceptors (Lipinski definition) is 5. The third-order valence-corrected chi connectivity index (χ3v) is 4.87. The topological polar surface area (TPSA) is 64.9 Å². The monoisotopic (exact) mass is 381 g/mol. The molecule has 0 spiro atoms. The summed E-state index contributed by atoms with van der Waals surface area (Å²) in [5, 5.41) is 15.5. The van der Waals surface area contributed by atoms with Gasteiger partial charge in [-0.2, -0.15) is 4.68 Å². The van der Waals surface area contributed by atoms with Gasteiger partial charge in [0.1, 0.15) is 17.5 Å². The van der Waals surface area contributed by atoms with Crippen molar-refractivity contribution in [2.75, 3.05) is 5.32 Å². The second-order valence-electron chi connectivity index (χ2n) is 6.95. The van der Waals surface area contributed by atoms with Crippen molar-refractivity contribution in [3.8, 4) is 11.5 Å². The van der Waals surface area contributed by atoms with Crippen LogP contribution in [0.4, 0.5) is 5.95 Å². The van der Waals surface area contributed by atoms with Gasteiger partial charge in [-0.25, -0.2) is 0 Å². The molecule has 0 amide bonds.